The predicted molar refractivity (Wildman–Crippen MR) is 79.0 cm³/mol. The molecule has 1 aromatic heterocycles. The molecular formula is C15H9ClO2Se. The first kappa shape index (κ1) is 12.5. The summed E-state index contributed by atoms with van der Waals surface area (Å²) >= 11 is 5.87. The van der Waals surface area contributed by atoms with Crippen molar-refractivity contribution in [2.24, 2.45) is 0 Å². The summed E-state index contributed by atoms with van der Waals surface area (Å²) in [5, 5.41) is 1.09. The molecular weight excluding hydrogens is 327 g/mol. The summed E-state index contributed by atoms with van der Waals surface area (Å²) in [6.45, 7) is 0. The Labute approximate surface area is 121 Å². The molecule has 0 amide bonds. The SMILES string of the molecule is O=c1c([Se]c2ccccc2)coc2ccc(Cl)cc12. The van der Waals surface area contributed by atoms with Crippen molar-refractivity contribution in [3.8, 4) is 0 Å². The van der Waals surface area contributed by atoms with Crippen molar-refractivity contribution in [1.29, 1.82) is 0 Å². The van der Waals surface area contributed by atoms with Crippen LogP contribution >= 0.6 is 11.6 Å². The molecule has 3 rings (SSSR count). The van der Waals surface area contributed by atoms with E-state index in [0.717, 1.165) is 4.46 Å². The van der Waals surface area contributed by atoms with E-state index in [1.165, 1.54) is 0 Å². The van der Waals surface area contributed by atoms with Gasteiger partial charge in [0.15, 0.2) is 0 Å². The quantitative estimate of drug-likeness (QED) is 0.671. The third kappa shape index (κ3) is 2.59. The zero-order chi connectivity index (χ0) is 13.2. The number of rotatable bonds is 2. The summed E-state index contributed by atoms with van der Waals surface area (Å²) < 4.78 is 7.35. The predicted octanol–water partition coefficient (Wildman–Crippen LogP) is 2.10. The zero-order valence-electron chi connectivity index (χ0n) is 9.80. The Balaban J connectivity index is 2.10. The van der Waals surface area contributed by atoms with Crippen LogP contribution in [0.3, 0.4) is 0 Å². The second kappa shape index (κ2) is 5.22. The van der Waals surface area contributed by atoms with Gasteiger partial charge in [0.05, 0.1) is 0 Å². The first-order chi connectivity index (χ1) is 9.24. The van der Waals surface area contributed by atoms with E-state index in [2.05, 4.69) is 0 Å². The normalized spacial score (nSPS) is 10.8. The van der Waals surface area contributed by atoms with Gasteiger partial charge in [0.2, 0.25) is 0 Å². The van der Waals surface area contributed by atoms with Gasteiger partial charge in [0.25, 0.3) is 0 Å². The summed E-state index contributed by atoms with van der Waals surface area (Å²) in [6.07, 6.45) is 1.56. The fourth-order valence-electron chi connectivity index (χ4n) is 1.77. The molecule has 19 heavy (non-hydrogen) atoms. The average Bonchev–Trinajstić information content (AvgIpc) is 2.44. The fraction of sp³-hybridized carbons (Fsp3) is 0. The van der Waals surface area contributed by atoms with Crippen LogP contribution in [-0.4, -0.2) is 15.0 Å². The van der Waals surface area contributed by atoms with E-state index in [0.29, 0.717) is 20.5 Å². The third-order valence-electron chi connectivity index (χ3n) is 2.67. The van der Waals surface area contributed by atoms with E-state index in [1.807, 2.05) is 30.3 Å². The number of hydrogen-bond donors (Lipinski definition) is 0. The Morgan fingerprint density at radius 2 is 1.84 bits per heavy atom. The van der Waals surface area contributed by atoms with E-state index < -0.39 is 0 Å². The Bertz CT molecular complexity index is 781. The molecule has 0 saturated heterocycles. The molecule has 0 aliphatic rings. The van der Waals surface area contributed by atoms with Crippen LogP contribution in [0.4, 0.5) is 0 Å². The van der Waals surface area contributed by atoms with E-state index in [4.69, 9.17) is 16.0 Å². The molecule has 2 aromatic carbocycles. The van der Waals surface area contributed by atoms with Gasteiger partial charge in [-0.2, -0.15) is 0 Å². The monoisotopic (exact) mass is 336 g/mol. The molecule has 0 aliphatic carbocycles. The van der Waals surface area contributed by atoms with Crippen molar-refractivity contribution in [3.63, 3.8) is 0 Å². The van der Waals surface area contributed by atoms with Gasteiger partial charge in [-0.3, -0.25) is 0 Å². The summed E-state index contributed by atoms with van der Waals surface area (Å²) in [5.41, 5.74) is 0.578. The standard InChI is InChI=1S/C15H9ClO2Se/c16-10-6-7-13-12(8-10)15(17)14(9-18-13)19-11-4-2-1-3-5-11/h1-9H. The molecule has 4 heteroatoms. The zero-order valence-corrected chi connectivity index (χ0v) is 12.3. The van der Waals surface area contributed by atoms with Crippen LogP contribution in [0.2, 0.25) is 5.02 Å². The van der Waals surface area contributed by atoms with Crippen molar-refractivity contribution >= 4 is 46.5 Å². The number of benzene rings is 2. The van der Waals surface area contributed by atoms with Crippen LogP contribution in [0.25, 0.3) is 11.0 Å². The molecule has 0 bridgehead atoms. The first-order valence-corrected chi connectivity index (χ1v) is 7.77. The van der Waals surface area contributed by atoms with Crippen molar-refractivity contribution in [3.05, 3.63) is 70.0 Å². The van der Waals surface area contributed by atoms with E-state index in [1.54, 1.807) is 24.5 Å². The van der Waals surface area contributed by atoms with Crippen LogP contribution in [0, 0.1) is 0 Å². The van der Waals surface area contributed by atoms with Gasteiger partial charge in [-0.15, -0.1) is 0 Å². The van der Waals surface area contributed by atoms with Crippen LogP contribution in [0.1, 0.15) is 0 Å². The third-order valence-corrected chi connectivity index (χ3v) is 5.03. The van der Waals surface area contributed by atoms with Crippen molar-refractivity contribution in [2.75, 3.05) is 0 Å². The molecule has 2 nitrogen and oxygen atoms in total. The summed E-state index contributed by atoms with van der Waals surface area (Å²) in [4.78, 5) is 12.4. The second-order valence-electron chi connectivity index (χ2n) is 3.98. The van der Waals surface area contributed by atoms with Gasteiger partial charge in [-0.1, -0.05) is 0 Å². The van der Waals surface area contributed by atoms with Crippen molar-refractivity contribution in [1.82, 2.24) is 0 Å². The molecule has 0 spiro atoms. The van der Waals surface area contributed by atoms with Gasteiger partial charge in [0.1, 0.15) is 0 Å². The average molecular weight is 336 g/mol. The van der Waals surface area contributed by atoms with E-state index in [-0.39, 0.29) is 20.4 Å². The van der Waals surface area contributed by atoms with Crippen LogP contribution in [-0.2, 0) is 0 Å². The topological polar surface area (TPSA) is 30.2 Å². The van der Waals surface area contributed by atoms with Crippen LogP contribution in [0.5, 0.6) is 0 Å². The van der Waals surface area contributed by atoms with Gasteiger partial charge in [-0.25, -0.2) is 0 Å². The molecule has 1 heterocycles. The first-order valence-electron chi connectivity index (χ1n) is 5.68. The molecule has 3 aromatic rings. The maximum atomic E-state index is 12.4. The summed E-state index contributed by atoms with van der Waals surface area (Å²) in [6, 6.07) is 15.0. The van der Waals surface area contributed by atoms with Crippen molar-refractivity contribution < 1.29 is 4.42 Å². The van der Waals surface area contributed by atoms with Gasteiger partial charge in [0, 0.05) is 0 Å². The molecule has 0 saturated carbocycles. The number of fused-ring (bicyclic) bond motifs is 1. The van der Waals surface area contributed by atoms with Crippen LogP contribution in [0.15, 0.2) is 64.0 Å². The Morgan fingerprint density at radius 3 is 2.63 bits per heavy atom. The van der Waals surface area contributed by atoms with Crippen LogP contribution < -0.4 is 14.4 Å². The molecule has 0 N–H and O–H groups in total. The van der Waals surface area contributed by atoms with E-state index >= 15 is 0 Å². The molecule has 0 atom stereocenters. The number of halogens is 1. The van der Waals surface area contributed by atoms with Gasteiger partial charge < -0.3 is 0 Å². The van der Waals surface area contributed by atoms with Gasteiger partial charge in [-0.05, 0) is 0 Å². The van der Waals surface area contributed by atoms with Crippen molar-refractivity contribution in [2.45, 2.75) is 0 Å². The molecule has 0 radical (unpaired) electrons. The molecule has 0 unspecified atom stereocenters. The fourth-order valence-corrected chi connectivity index (χ4v) is 3.72. The summed E-state index contributed by atoms with van der Waals surface area (Å²) in [7, 11) is 0. The molecule has 0 aliphatic heterocycles. The molecule has 0 fully saturated rings. The summed E-state index contributed by atoms with van der Waals surface area (Å²) in [5.74, 6) is 0. The van der Waals surface area contributed by atoms with E-state index in [9.17, 15) is 4.79 Å². The second-order valence-corrected chi connectivity index (χ2v) is 6.76. The molecule has 94 valence electrons. The Morgan fingerprint density at radius 1 is 1.05 bits per heavy atom. The Hall–Kier alpha value is -1.54. The minimum absolute atomic E-state index is 0.00704. The maximum absolute atomic E-state index is 12.4. The van der Waals surface area contributed by atoms with Gasteiger partial charge >= 0.3 is 121 Å². The Kier molecular flexibility index (Phi) is 3.43. The minimum atomic E-state index is -0.0572. The number of hydrogen-bond acceptors (Lipinski definition) is 2.